The number of hydrogen-bond acceptors (Lipinski definition) is 5. The number of phenolic OH excluding ortho intramolecular Hbond substituents is 1. The van der Waals surface area contributed by atoms with E-state index in [-0.39, 0.29) is 33.8 Å². The van der Waals surface area contributed by atoms with Crippen LogP contribution in [0, 0.1) is 5.82 Å². The molecule has 1 aliphatic rings. The van der Waals surface area contributed by atoms with Crippen molar-refractivity contribution >= 4 is 61.5 Å². The zero-order valence-electron chi connectivity index (χ0n) is 14.8. The second-order valence-electron chi connectivity index (χ2n) is 5.81. The maximum atomic E-state index is 13.2. The minimum atomic E-state index is -0.940. The number of amides is 4. The first kappa shape index (κ1) is 21.0. The number of aromatic hydroxyl groups is 1. The van der Waals surface area contributed by atoms with Crippen molar-refractivity contribution in [2.24, 2.45) is 0 Å². The average Bonchev–Trinajstić information content (AvgIpc) is 2.68. The van der Waals surface area contributed by atoms with Gasteiger partial charge in [0.1, 0.15) is 11.4 Å². The lowest BCUT2D eigenvalue weighted by molar-refractivity contribution is -0.122. The molecule has 0 saturated carbocycles. The molecule has 4 amide bonds. The first-order valence-corrected chi connectivity index (χ1v) is 9.84. The third kappa shape index (κ3) is 4.03. The van der Waals surface area contributed by atoms with Crippen molar-refractivity contribution in [1.82, 2.24) is 5.32 Å². The molecule has 1 aliphatic heterocycles. The molecular formula is C19H13Br2FN2O5. The molecule has 29 heavy (non-hydrogen) atoms. The Labute approximate surface area is 181 Å². The van der Waals surface area contributed by atoms with Crippen LogP contribution in [0.25, 0.3) is 6.08 Å². The molecule has 10 heteroatoms. The third-order valence-corrected chi connectivity index (χ3v) is 6.12. The molecule has 0 spiro atoms. The minimum Gasteiger partial charge on any atom is -0.503 e. The number of nitrogens with zero attached hydrogens (tertiary/aromatic N) is 1. The smallest absolute Gasteiger partial charge is 0.335 e. The Hall–Kier alpha value is -2.72. The van der Waals surface area contributed by atoms with E-state index in [0.29, 0.717) is 10.0 Å². The monoisotopic (exact) mass is 526 g/mol. The van der Waals surface area contributed by atoms with Gasteiger partial charge in [-0.3, -0.25) is 14.9 Å². The molecule has 0 unspecified atom stereocenters. The van der Waals surface area contributed by atoms with Crippen LogP contribution in [0.2, 0.25) is 0 Å². The maximum Gasteiger partial charge on any atom is 0.335 e. The van der Waals surface area contributed by atoms with E-state index in [9.17, 15) is 23.9 Å². The number of nitrogens with one attached hydrogen (secondary N) is 1. The second kappa shape index (κ2) is 8.34. The first-order valence-electron chi connectivity index (χ1n) is 8.25. The molecule has 1 fully saturated rings. The predicted molar refractivity (Wildman–Crippen MR) is 110 cm³/mol. The van der Waals surface area contributed by atoms with Crippen molar-refractivity contribution in [2.45, 2.75) is 6.92 Å². The molecule has 0 aromatic heterocycles. The third-order valence-electron chi connectivity index (χ3n) is 3.96. The van der Waals surface area contributed by atoms with Crippen LogP contribution in [-0.2, 0) is 9.59 Å². The standard InChI is InChI=1S/C19H13Br2FN2O5/c1-2-29-13-8-9(14(20)15(21)16(13)25)7-12-17(26)23-19(28)24(18(12)27)11-5-3-10(22)4-6-11/h3-8,25H,2H2,1H3,(H,23,26,28)/b12-7+. The zero-order valence-corrected chi connectivity index (χ0v) is 18.0. The minimum absolute atomic E-state index is 0.105. The number of rotatable bonds is 4. The molecule has 1 saturated heterocycles. The molecular weight excluding hydrogens is 515 g/mol. The van der Waals surface area contributed by atoms with Crippen molar-refractivity contribution in [3.8, 4) is 11.5 Å². The van der Waals surface area contributed by atoms with E-state index < -0.39 is 23.7 Å². The summed E-state index contributed by atoms with van der Waals surface area (Å²) in [7, 11) is 0. The number of hydrogen-bond donors (Lipinski definition) is 2. The molecule has 0 bridgehead atoms. The van der Waals surface area contributed by atoms with E-state index in [1.54, 1.807) is 6.92 Å². The second-order valence-corrected chi connectivity index (χ2v) is 7.39. The van der Waals surface area contributed by atoms with Gasteiger partial charge < -0.3 is 9.84 Å². The van der Waals surface area contributed by atoms with Gasteiger partial charge in [-0.2, -0.15) is 0 Å². The predicted octanol–water partition coefficient (Wildman–Crippen LogP) is 4.12. The number of halogens is 3. The van der Waals surface area contributed by atoms with E-state index in [1.807, 2.05) is 0 Å². The largest absolute Gasteiger partial charge is 0.503 e. The summed E-state index contributed by atoms with van der Waals surface area (Å²) in [6, 6.07) is 5.20. The number of anilines is 1. The molecule has 0 aliphatic carbocycles. The van der Waals surface area contributed by atoms with E-state index in [1.165, 1.54) is 24.3 Å². The van der Waals surface area contributed by atoms with E-state index in [0.717, 1.165) is 17.0 Å². The summed E-state index contributed by atoms with van der Waals surface area (Å²) < 4.78 is 19.2. The number of phenols is 1. The van der Waals surface area contributed by atoms with Gasteiger partial charge in [-0.1, -0.05) is 0 Å². The summed E-state index contributed by atoms with van der Waals surface area (Å²) in [6.07, 6.45) is 1.26. The molecule has 1 heterocycles. The van der Waals surface area contributed by atoms with Crippen LogP contribution in [0.1, 0.15) is 12.5 Å². The highest BCUT2D eigenvalue weighted by Gasteiger charge is 2.37. The van der Waals surface area contributed by atoms with E-state index >= 15 is 0 Å². The lowest BCUT2D eigenvalue weighted by Gasteiger charge is -2.26. The normalized spacial score (nSPS) is 15.7. The summed E-state index contributed by atoms with van der Waals surface area (Å²) in [5.74, 6) is -2.30. The Balaban J connectivity index is 2.08. The van der Waals surface area contributed by atoms with Crippen LogP contribution < -0.4 is 15.0 Å². The summed E-state index contributed by atoms with van der Waals surface area (Å²) >= 11 is 6.51. The number of ether oxygens (including phenoxy) is 1. The number of imide groups is 2. The summed E-state index contributed by atoms with van der Waals surface area (Å²) in [6.45, 7) is 2.02. The molecule has 3 rings (SSSR count). The van der Waals surface area contributed by atoms with E-state index in [2.05, 4.69) is 37.2 Å². The number of barbiturate groups is 1. The van der Waals surface area contributed by atoms with Gasteiger partial charge in [-0.25, -0.2) is 14.1 Å². The van der Waals surface area contributed by atoms with Gasteiger partial charge in [0, 0.05) is 4.47 Å². The fourth-order valence-electron chi connectivity index (χ4n) is 2.62. The SMILES string of the molecule is CCOc1cc(/C=C2\C(=O)NC(=O)N(c3ccc(F)cc3)C2=O)c(Br)c(Br)c1O. The summed E-state index contributed by atoms with van der Waals surface area (Å²) in [5.41, 5.74) is 0.132. The van der Waals surface area contributed by atoms with Gasteiger partial charge in [0.2, 0.25) is 0 Å². The van der Waals surface area contributed by atoms with Crippen molar-refractivity contribution in [3.63, 3.8) is 0 Å². The zero-order chi connectivity index (χ0) is 21.3. The molecule has 2 aromatic carbocycles. The van der Waals surface area contributed by atoms with E-state index in [4.69, 9.17) is 4.74 Å². The lowest BCUT2D eigenvalue weighted by atomic mass is 10.1. The van der Waals surface area contributed by atoms with Crippen molar-refractivity contribution < 1.29 is 28.6 Å². The topological polar surface area (TPSA) is 95.9 Å². The molecule has 7 nitrogen and oxygen atoms in total. The van der Waals surface area contributed by atoms with Gasteiger partial charge in [-0.15, -0.1) is 0 Å². The van der Waals surface area contributed by atoms with Crippen LogP contribution in [0.5, 0.6) is 11.5 Å². The quantitative estimate of drug-likeness (QED) is 0.460. The fraction of sp³-hybridized carbons (Fsp3) is 0.105. The Morgan fingerprint density at radius 2 is 1.83 bits per heavy atom. The highest BCUT2D eigenvalue weighted by molar-refractivity contribution is 9.13. The maximum absolute atomic E-state index is 13.2. The summed E-state index contributed by atoms with van der Waals surface area (Å²) in [5, 5.41) is 12.2. The number of benzene rings is 2. The average molecular weight is 528 g/mol. The first-order chi connectivity index (χ1) is 13.7. The molecule has 150 valence electrons. The highest BCUT2D eigenvalue weighted by atomic mass is 79.9. The Morgan fingerprint density at radius 1 is 1.17 bits per heavy atom. The number of carbonyl (C=O) groups is 3. The lowest BCUT2D eigenvalue weighted by Crippen LogP contribution is -2.54. The van der Waals surface area contributed by atoms with Crippen LogP contribution >= 0.6 is 31.9 Å². The highest BCUT2D eigenvalue weighted by Crippen LogP contribution is 2.42. The van der Waals surface area contributed by atoms with Gasteiger partial charge in [0.05, 0.1) is 16.8 Å². The van der Waals surface area contributed by atoms with Crippen LogP contribution in [0.15, 0.2) is 44.9 Å². The number of urea groups is 1. The van der Waals surface area contributed by atoms with Gasteiger partial charge >= 0.3 is 6.03 Å². The van der Waals surface area contributed by atoms with Gasteiger partial charge in [-0.05, 0) is 80.8 Å². The molecule has 0 radical (unpaired) electrons. The Morgan fingerprint density at radius 3 is 2.45 bits per heavy atom. The van der Waals surface area contributed by atoms with Crippen molar-refractivity contribution in [3.05, 3.63) is 56.2 Å². The van der Waals surface area contributed by atoms with Crippen molar-refractivity contribution in [2.75, 3.05) is 11.5 Å². The Bertz CT molecular complexity index is 1050. The Kier molecular flexibility index (Phi) is 6.04. The fourth-order valence-corrected chi connectivity index (χ4v) is 3.46. The van der Waals surface area contributed by atoms with Crippen molar-refractivity contribution in [1.29, 1.82) is 0 Å². The van der Waals surface area contributed by atoms with Gasteiger partial charge in [0.25, 0.3) is 11.8 Å². The van der Waals surface area contributed by atoms with Crippen LogP contribution in [0.4, 0.5) is 14.9 Å². The molecule has 0 atom stereocenters. The molecule has 2 N–H and O–H groups in total. The van der Waals surface area contributed by atoms with Crippen LogP contribution in [0.3, 0.4) is 0 Å². The molecule has 2 aromatic rings. The van der Waals surface area contributed by atoms with Gasteiger partial charge in [0.15, 0.2) is 11.5 Å². The number of carbonyl (C=O) groups excluding carboxylic acids is 3. The van der Waals surface area contributed by atoms with Crippen LogP contribution in [-0.4, -0.2) is 29.6 Å². The summed E-state index contributed by atoms with van der Waals surface area (Å²) in [4.78, 5) is 38.1.